The molecular weight excluding hydrogens is 192 g/mol. The summed E-state index contributed by atoms with van der Waals surface area (Å²) >= 11 is 3.28. The summed E-state index contributed by atoms with van der Waals surface area (Å²) in [6.45, 7) is 3.79. The fourth-order valence-electron chi connectivity index (χ4n) is 0.550. The van der Waals surface area contributed by atoms with Crippen LogP contribution in [0.4, 0.5) is 0 Å². The summed E-state index contributed by atoms with van der Waals surface area (Å²) < 4.78 is 0. The summed E-state index contributed by atoms with van der Waals surface area (Å²) in [5.41, 5.74) is 1.80. The molecule has 1 rings (SSSR count). The normalized spacial score (nSPS) is 9.30. The van der Waals surface area contributed by atoms with Crippen molar-refractivity contribution in [3.63, 3.8) is 0 Å². The lowest BCUT2D eigenvalue weighted by Crippen LogP contribution is -1.88. The third-order valence-electron chi connectivity index (χ3n) is 1.09. The largest absolute Gasteiger partial charge is 0.261 e. The lowest BCUT2D eigenvalue weighted by atomic mass is 10.3. The van der Waals surface area contributed by atoms with Crippen LogP contribution in [0.3, 0.4) is 0 Å². The maximum Gasteiger partial charge on any atom is 0.0847 e. The first kappa shape index (κ1) is 7.41. The SMILES string of the molecule is C=C(CBr)c1cnccn1. The Labute approximate surface area is 68.1 Å². The fraction of sp³-hybridized carbons (Fsp3) is 0.143. The minimum absolute atomic E-state index is 0.742. The van der Waals surface area contributed by atoms with Crippen LogP contribution in [0, 0.1) is 0 Å². The summed E-state index contributed by atoms with van der Waals surface area (Å²) in [6.07, 6.45) is 5.00. The van der Waals surface area contributed by atoms with Gasteiger partial charge >= 0.3 is 0 Å². The lowest BCUT2D eigenvalue weighted by Gasteiger charge is -1.96. The molecule has 0 fully saturated rings. The average Bonchev–Trinajstić information content (AvgIpc) is 2.05. The van der Waals surface area contributed by atoms with Crippen LogP contribution in [-0.2, 0) is 0 Å². The summed E-state index contributed by atoms with van der Waals surface area (Å²) in [4.78, 5) is 7.97. The molecule has 0 saturated heterocycles. The molecule has 1 aromatic heterocycles. The zero-order valence-electron chi connectivity index (χ0n) is 5.42. The maximum absolute atomic E-state index is 4.06. The Balaban J connectivity index is 2.85. The van der Waals surface area contributed by atoms with E-state index in [1.165, 1.54) is 0 Å². The van der Waals surface area contributed by atoms with E-state index in [9.17, 15) is 0 Å². The molecule has 10 heavy (non-hydrogen) atoms. The summed E-state index contributed by atoms with van der Waals surface area (Å²) in [5, 5.41) is 0.742. The van der Waals surface area contributed by atoms with Crippen molar-refractivity contribution in [3.05, 3.63) is 30.9 Å². The lowest BCUT2D eigenvalue weighted by molar-refractivity contribution is 1.17. The van der Waals surface area contributed by atoms with E-state index in [0.29, 0.717) is 0 Å². The van der Waals surface area contributed by atoms with Gasteiger partial charge in [-0.15, -0.1) is 0 Å². The zero-order chi connectivity index (χ0) is 7.40. The van der Waals surface area contributed by atoms with Crippen LogP contribution in [0.5, 0.6) is 0 Å². The predicted octanol–water partition coefficient (Wildman–Crippen LogP) is 1.88. The van der Waals surface area contributed by atoms with Crippen LogP contribution in [0.15, 0.2) is 25.2 Å². The highest BCUT2D eigenvalue weighted by atomic mass is 79.9. The van der Waals surface area contributed by atoms with Gasteiger partial charge < -0.3 is 0 Å². The molecule has 3 heteroatoms. The van der Waals surface area contributed by atoms with Gasteiger partial charge in [-0.05, 0) is 5.57 Å². The first-order valence-electron chi connectivity index (χ1n) is 2.84. The van der Waals surface area contributed by atoms with Gasteiger partial charge in [0.1, 0.15) is 0 Å². The molecule has 0 unspecified atom stereocenters. The molecule has 1 heterocycles. The predicted molar refractivity (Wildman–Crippen MR) is 44.9 cm³/mol. The van der Waals surface area contributed by atoms with E-state index in [1.807, 2.05) is 0 Å². The molecule has 0 aromatic carbocycles. The van der Waals surface area contributed by atoms with Gasteiger partial charge in [0.25, 0.3) is 0 Å². The van der Waals surface area contributed by atoms with Crippen molar-refractivity contribution >= 4 is 21.5 Å². The van der Waals surface area contributed by atoms with E-state index in [4.69, 9.17) is 0 Å². The molecule has 0 aliphatic rings. The van der Waals surface area contributed by atoms with Crippen molar-refractivity contribution in [1.29, 1.82) is 0 Å². The molecule has 2 nitrogen and oxygen atoms in total. The molecule has 0 aliphatic carbocycles. The Bertz CT molecular complexity index is 220. The van der Waals surface area contributed by atoms with E-state index < -0.39 is 0 Å². The Morgan fingerprint density at radius 3 is 2.90 bits per heavy atom. The first-order chi connectivity index (χ1) is 4.84. The summed E-state index contributed by atoms with van der Waals surface area (Å²) in [6, 6.07) is 0. The molecule has 0 saturated carbocycles. The van der Waals surface area contributed by atoms with Crippen molar-refractivity contribution in [2.24, 2.45) is 0 Å². The Morgan fingerprint density at radius 1 is 1.60 bits per heavy atom. The van der Waals surface area contributed by atoms with Gasteiger partial charge in [0.05, 0.1) is 11.9 Å². The van der Waals surface area contributed by atoms with Crippen molar-refractivity contribution in [2.45, 2.75) is 0 Å². The van der Waals surface area contributed by atoms with Crippen LogP contribution in [-0.4, -0.2) is 15.3 Å². The molecule has 0 N–H and O–H groups in total. The molecule has 0 amide bonds. The number of hydrogen-bond acceptors (Lipinski definition) is 2. The second kappa shape index (κ2) is 3.46. The minimum atomic E-state index is 0.742. The number of hydrogen-bond donors (Lipinski definition) is 0. The van der Waals surface area contributed by atoms with Crippen LogP contribution in [0.25, 0.3) is 5.57 Å². The molecule has 52 valence electrons. The molecule has 1 aromatic rings. The van der Waals surface area contributed by atoms with Gasteiger partial charge in [-0.2, -0.15) is 0 Å². The number of allylic oxidation sites excluding steroid dienone is 1. The Hall–Kier alpha value is -0.700. The standard InChI is InChI=1S/C7H7BrN2/c1-6(4-8)7-5-9-2-3-10-7/h2-3,5H,1,4H2. The van der Waals surface area contributed by atoms with E-state index in [0.717, 1.165) is 16.6 Å². The van der Waals surface area contributed by atoms with Crippen LogP contribution in [0.1, 0.15) is 5.69 Å². The van der Waals surface area contributed by atoms with Crippen molar-refractivity contribution in [2.75, 3.05) is 5.33 Å². The van der Waals surface area contributed by atoms with Crippen molar-refractivity contribution in [1.82, 2.24) is 9.97 Å². The van der Waals surface area contributed by atoms with Gasteiger partial charge in [0.15, 0.2) is 0 Å². The second-order valence-electron chi connectivity index (χ2n) is 1.83. The molecule has 0 bridgehead atoms. The van der Waals surface area contributed by atoms with Gasteiger partial charge in [0.2, 0.25) is 0 Å². The number of nitrogens with zero attached hydrogens (tertiary/aromatic N) is 2. The molecule has 0 atom stereocenters. The van der Waals surface area contributed by atoms with Gasteiger partial charge in [-0.1, -0.05) is 22.5 Å². The average molecular weight is 199 g/mol. The number of halogens is 1. The van der Waals surface area contributed by atoms with E-state index in [2.05, 4.69) is 32.5 Å². The number of aromatic nitrogens is 2. The van der Waals surface area contributed by atoms with Crippen LogP contribution < -0.4 is 0 Å². The minimum Gasteiger partial charge on any atom is -0.261 e. The molecular formula is C7H7BrN2. The first-order valence-corrected chi connectivity index (χ1v) is 3.97. The zero-order valence-corrected chi connectivity index (χ0v) is 7.00. The highest BCUT2D eigenvalue weighted by Crippen LogP contribution is 2.08. The van der Waals surface area contributed by atoms with Gasteiger partial charge in [-0.25, -0.2) is 0 Å². The number of rotatable bonds is 2. The van der Waals surface area contributed by atoms with Crippen LogP contribution >= 0.6 is 15.9 Å². The highest BCUT2D eigenvalue weighted by molar-refractivity contribution is 9.09. The highest BCUT2D eigenvalue weighted by Gasteiger charge is 1.95. The van der Waals surface area contributed by atoms with Gasteiger partial charge in [0, 0.05) is 17.7 Å². The topological polar surface area (TPSA) is 25.8 Å². The summed E-state index contributed by atoms with van der Waals surface area (Å²) in [7, 11) is 0. The second-order valence-corrected chi connectivity index (χ2v) is 2.39. The summed E-state index contributed by atoms with van der Waals surface area (Å²) in [5.74, 6) is 0. The van der Waals surface area contributed by atoms with Crippen molar-refractivity contribution < 1.29 is 0 Å². The molecule has 0 aliphatic heterocycles. The molecule has 0 spiro atoms. The fourth-order valence-corrected chi connectivity index (χ4v) is 0.837. The smallest absolute Gasteiger partial charge is 0.0847 e. The van der Waals surface area contributed by atoms with E-state index in [-0.39, 0.29) is 0 Å². The quantitative estimate of drug-likeness (QED) is 0.679. The number of alkyl halides is 1. The van der Waals surface area contributed by atoms with E-state index in [1.54, 1.807) is 18.6 Å². The van der Waals surface area contributed by atoms with E-state index >= 15 is 0 Å². The third kappa shape index (κ3) is 1.64. The third-order valence-corrected chi connectivity index (χ3v) is 1.76. The Kier molecular flexibility index (Phi) is 2.57. The maximum atomic E-state index is 4.06. The van der Waals surface area contributed by atoms with Gasteiger partial charge in [-0.3, -0.25) is 9.97 Å². The molecule has 0 radical (unpaired) electrons. The monoisotopic (exact) mass is 198 g/mol. The van der Waals surface area contributed by atoms with Crippen molar-refractivity contribution in [3.8, 4) is 0 Å². The van der Waals surface area contributed by atoms with Crippen LogP contribution in [0.2, 0.25) is 0 Å². The Morgan fingerprint density at radius 2 is 2.40 bits per heavy atom.